The molecule has 0 saturated carbocycles. The molecule has 0 aliphatic heterocycles. The van der Waals surface area contributed by atoms with Crippen LogP contribution in [0.1, 0.15) is 30.8 Å². The topological polar surface area (TPSA) is 64.8 Å². The van der Waals surface area contributed by atoms with Crippen LogP contribution in [0.2, 0.25) is 0 Å². The summed E-state index contributed by atoms with van der Waals surface area (Å²) in [7, 11) is -5.01. The first kappa shape index (κ1) is 17.4. The first-order valence-corrected chi connectivity index (χ1v) is 8.06. The van der Waals surface area contributed by atoms with Crippen molar-refractivity contribution >= 4 is 10.2 Å². The minimum Gasteiger partial charge on any atom is -0.220 e. The Morgan fingerprint density at radius 2 is 1.74 bits per heavy atom. The lowest BCUT2D eigenvalue weighted by molar-refractivity contribution is -0.144. The Kier molecular flexibility index (Phi) is 4.47. The highest BCUT2D eigenvalue weighted by Crippen LogP contribution is 2.29. The van der Waals surface area contributed by atoms with Gasteiger partial charge in [-0.1, -0.05) is 19.9 Å². The van der Waals surface area contributed by atoms with Gasteiger partial charge in [0, 0.05) is 0 Å². The predicted octanol–water partition coefficient (Wildman–Crippen LogP) is 3.07. The molecule has 0 fully saturated rings. The van der Waals surface area contributed by atoms with Gasteiger partial charge >= 0.3 is 16.4 Å². The Bertz CT molecular complexity index is 828. The van der Waals surface area contributed by atoms with Crippen molar-refractivity contribution in [1.29, 1.82) is 0 Å². The number of aromatic nitrogens is 3. The van der Waals surface area contributed by atoms with Crippen molar-refractivity contribution in [3.05, 3.63) is 35.4 Å². The lowest BCUT2D eigenvalue weighted by atomic mass is 10.0. The van der Waals surface area contributed by atoms with Crippen molar-refractivity contribution in [3.8, 4) is 5.69 Å². The summed E-state index contributed by atoms with van der Waals surface area (Å²) >= 11 is 0. The SMILES string of the molecule is CCc1cc(CC)c(S(=O)(=O)F)cc1-n1cnc(C(F)(F)F)n1. The first-order chi connectivity index (χ1) is 10.6. The van der Waals surface area contributed by atoms with Gasteiger partial charge in [0.15, 0.2) is 0 Å². The second-order valence-corrected chi connectivity index (χ2v) is 6.06. The van der Waals surface area contributed by atoms with Gasteiger partial charge in [0.25, 0.3) is 5.82 Å². The van der Waals surface area contributed by atoms with E-state index in [0.717, 1.165) is 17.1 Å². The van der Waals surface area contributed by atoms with E-state index in [-0.39, 0.29) is 17.7 Å². The highest BCUT2D eigenvalue weighted by atomic mass is 32.3. The molecule has 5 nitrogen and oxygen atoms in total. The van der Waals surface area contributed by atoms with Gasteiger partial charge in [-0.2, -0.15) is 21.6 Å². The Morgan fingerprint density at radius 1 is 1.13 bits per heavy atom. The second kappa shape index (κ2) is 5.91. The van der Waals surface area contributed by atoms with E-state index in [1.165, 1.54) is 6.07 Å². The molecule has 1 heterocycles. The molecular weight excluding hydrogens is 338 g/mol. The number of hydrogen-bond donors (Lipinski definition) is 0. The van der Waals surface area contributed by atoms with Crippen molar-refractivity contribution in [2.75, 3.05) is 0 Å². The molecule has 1 aromatic heterocycles. The van der Waals surface area contributed by atoms with Gasteiger partial charge in [0.1, 0.15) is 11.2 Å². The number of aryl methyl sites for hydroxylation is 2. The largest absolute Gasteiger partial charge is 0.453 e. The van der Waals surface area contributed by atoms with Gasteiger partial charge < -0.3 is 0 Å². The van der Waals surface area contributed by atoms with Crippen molar-refractivity contribution < 1.29 is 25.5 Å². The Hall–Kier alpha value is -1.97. The molecule has 126 valence electrons. The highest BCUT2D eigenvalue weighted by molar-refractivity contribution is 7.86. The standard InChI is InChI=1S/C13H13F4N3O2S/c1-3-8-5-9(4-2)11(23(17,21)22)6-10(8)20-7-18-12(19-20)13(14,15)16/h5-7H,3-4H2,1-2H3. The van der Waals surface area contributed by atoms with E-state index in [2.05, 4.69) is 10.1 Å². The van der Waals surface area contributed by atoms with Crippen LogP contribution in [0.15, 0.2) is 23.4 Å². The highest BCUT2D eigenvalue weighted by Gasteiger charge is 2.36. The molecule has 0 N–H and O–H groups in total. The zero-order valence-electron chi connectivity index (χ0n) is 12.2. The van der Waals surface area contributed by atoms with Gasteiger partial charge in [0.2, 0.25) is 0 Å². The Balaban J connectivity index is 2.68. The van der Waals surface area contributed by atoms with Crippen LogP contribution in [0.4, 0.5) is 17.1 Å². The van der Waals surface area contributed by atoms with Crippen LogP contribution >= 0.6 is 0 Å². The summed E-state index contributed by atoms with van der Waals surface area (Å²) in [4.78, 5) is 2.58. The summed E-state index contributed by atoms with van der Waals surface area (Å²) in [5.74, 6) is -1.36. The lowest BCUT2D eigenvalue weighted by Gasteiger charge is -2.12. The number of hydrogen-bond acceptors (Lipinski definition) is 4. The maximum atomic E-state index is 13.4. The van der Waals surface area contributed by atoms with E-state index in [1.54, 1.807) is 13.8 Å². The van der Waals surface area contributed by atoms with Crippen molar-refractivity contribution in [2.24, 2.45) is 0 Å². The van der Waals surface area contributed by atoms with Crippen LogP contribution in [0.5, 0.6) is 0 Å². The van der Waals surface area contributed by atoms with E-state index >= 15 is 0 Å². The van der Waals surface area contributed by atoms with Crippen LogP contribution in [-0.4, -0.2) is 23.2 Å². The van der Waals surface area contributed by atoms with Crippen LogP contribution in [0, 0.1) is 0 Å². The zero-order valence-corrected chi connectivity index (χ0v) is 13.0. The van der Waals surface area contributed by atoms with Crippen LogP contribution in [0.3, 0.4) is 0 Å². The third kappa shape index (κ3) is 3.52. The monoisotopic (exact) mass is 351 g/mol. The van der Waals surface area contributed by atoms with Gasteiger partial charge in [-0.05, 0) is 30.0 Å². The molecule has 2 rings (SSSR count). The van der Waals surface area contributed by atoms with Gasteiger partial charge in [0.05, 0.1) is 5.69 Å². The zero-order chi connectivity index (χ0) is 17.4. The molecule has 0 radical (unpaired) electrons. The molecule has 0 bridgehead atoms. The molecule has 0 aliphatic carbocycles. The normalized spacial score (nSPS) is 12.6. The molecule has 2 aromatic rings. The van der Waals surface area contributed by atoms with E-state index in [4.69, 9.17) is 0 Å². The number of halogens is 4. The number of alkyl halides is 3. The van der Waals surface area contributed by atoms with Crippen LogP contribution in [0.25, 0.3) is 5.69 Å². The summed E-state index contributed by atoms with van der Waals surface area (Å²) in [6.07, 6.45) is -3.25. The molecule has 0 spiro atoms. The Morgan fingerprint density at radius 3 is 2.17 bits per heavy atom. The minimum atomic E-state index is -5.01. The summed E-state index contributed by atoms with van der Waals surface area (Å²) in [5.41, 5.74) is 0.834. The fourth-order valence-corrected chi connectivity index (χ4v) is 2.94. The van der Waals surface area contributed by atoms with E-state index in [0.29, 0.717) is 12.0 Å². The Labute approximate surface area is 130 Å². The maximum Gasteiger partial charge on any atom is 0.453 e. The third-order valence-electron chi connectivity index (χ3n) is 3.28. The fourth-order valence-electron chi connectivity index (χ4n) is 2.17. The van der Waals surface area contributed by atoms with Crippen molar-refractivity contribution in [2.45, 2.75) is 37.8 Å². The van der Waals surface area contributed by atoms with Crippen LogP contribution < -0.4 is 0 Å². The molecule has 0 unspecified atom stereocenters. The van der Waals surface area contributed by atoms with Crippen molar-refractivity contribution in [3.63, 3.8) is 0 Å². The second-order valence-electron chi connectivity index (χ2n) is 4.74. The molecule has 0 aliphatic rings. The van der Waals surface area contributed by atoms with Crippen LogP contribution in [-0.2, 0) is 29.2 Å². The number of rotatable bonds is 4. The van der Waals surface area contributed by atoms with E-state index in [1.807, 2.05) is 0 Å². The first-order valence-electron chi connectivity index (χ1n) is 6.67. The molecular formula is C13H13F4N3O2S. The molecule has 1 aromatic carbocycles. The summed E-state index contributed by atoms with van der Waals surface area (Å²) in [6.45, 7) is 3.39. The fraction of sp³-hybridized carbons (Fsp3) is 0.385. The third-order valence-corrected chi connectivity index (χ3v) is 4.18. The van der Waals surface area contributed by atoms with Gasteiger partial charge in [-0.25, -0.2) is 9.67 Å². The molecule has 10 heteroatoms. The minimum absolute atomic E-state index is 0.0453. The van der Waals surface area contributed by atoms with E-state index in [9.17, 15) is 25.5 Å². The number of nitrogens with zero attached hydrogens (tertiary/aromatic N) is 3. The summed E-state index contributed by atoms with van der Waals surface area (Å²) in [6, 6.07) is 2.44. The molecule has 0 atom stereocenters. The smallest absolute Gasteiger partial charge is 0.220 e. The average molecular weight is 351 g/mol. The van der Waals surface area contributed by atoms with Crippen molar-refractivity contribution in [1.82, 2.24) is 14.8 Å². The summed E-state index contributed by atoms with van der Waals surface area (Å²) < 4.78 is 74.6. The van der Waals surface area contributed by atoms with Gasteiger partial charge in [-0.15, -0.1) is 8.98 Å². The summed E-state index contributed by atoms with van der Waals surface area (Å²) in [5, 5.41) is 3.30. The van der Waals surface area contributed by atoms with E-state index < -0.39 is 27.1 Å². The van der Waals surface area contributed by atoms with Gasteiger partial charge in [-0.3, -0.25) is 0 Å². The molecule has 0 amide bonds. The maximum absolute atomic E-state index is 13.4. The quantitative estimate of drug-likeness (QED) is 0.627. The molecule has 23 heavy (non-hydrogen) atoms. The molecule has 0 saturated heterocycles. The average Bonchev–Trinajstić information content (AvgIpc) is 2.94. The number of benzene rings is 1. The predicted molar refractivity (Wildman–Crippen MR) is 73.4 cm³/mol. The lowest BCUT2D eigenvalue weighted by Crippen LogP contribution is -2.10.